The van der Waals surface area contributed by atoms with E-state index in [4.69, 9.17) is 0 Å². The Morgan fingerprint density at radius 3 is 1.82 bits per heavy atom. The van der Waals surface area contributed by atoms with Crippen molar-refractivity contribution in [3.05, 3.63) is 24.3 Å². The van der Waals surface area contributed by atoms with Crippen LogP contribution in [0.4, 0.5) is 13.2 Å². The molecule has 6 heteroatoms. The number of hydrogen-bond donors (Lipinski definition) is 1. The molecule has 0 aliphatic carbocycles. The Balaban J connectivity index is 0.000001000. The van der Waals surface area contributed by atoms with Crippen molar-refractivity contribution >= 4 is 0 Å². The molecular weight excluding hydrogens is 159 g/mol. The highest BCUT2D eigenvalue weighted by molar-refractivity contribution is 4.92. The van der Waals surface area contributed by atoms with Crippen LogP contribution in [0, 0.1) is 0 Å². The van der Waals surface area contributed by atoms with E-state index in [1.165, 1.54) is 6.07 Å². The Morgan fingerprint density at radius 1 is 1.09 bits per heavy atom. The van der Waals surface area contributed by atoms with Gasteiger partial charge in [0, 0.05) is 12.4 Å². The number of rotatable bonds is 0. The lowest BCUT2D eigenvalue weighted by Gasteiger charge is -2.01. The fourth-order valence-corrected chi connectivity index (χ4v) is 0.445. The molecule has 0 aromatic carbocycles. The van der Waals surface area contributed by atoms with Crippen LogP contribution in [-0.4, -0.2) is 9.97 Å². The number of alkyl halides is 3. The molecule has 0 saturated carbocycles. The topological polar surface area (TPSA) is 60.8 Å². The predicted molar refractivity (Wildman–Crippen MR) is 32.1 cm³/mol. The molecule has 0 aliphatic heterocycles. The van der Waals surface area contributed by atoms with Gasteiger partial charge in [0.15, 0.2) is 0 Å². The minimum atomic E-state index is -4.43. The zero-order chi connectivity index (χ0) is 7.61. The molecule has 0 bridgehead atoms. The van der Waals surface area contributed by atoms with Gasteiger partial charge >= 0.3 is 6.18 Å². The van der Waals surface area contributed by atoms with Gasteiger partial charge in [0.25, 0.3) is 0 Å². The summed E-state index contributed by atoms with van der Waals surface area (Å²) in [5.74, 6) is -1.10. The summed E-state index contributed by atoms with van der Waals surface area (Å²) >= 11 is 0. The highest BCUT2D eigenvalue weighted by Crippen LogP contribution is 2.24. The van der Waals surface area contributed by atoms with E-state index in [1.54, 1.807) is 0 Å². The van der Waals surface area contributed by atoms with Crippen molar-refractivity contribution in [1.29, 1.82) is 0 Å². The van der Waals surface area contributed by atoms with Gasteiger partial charge < -0.3 is 6.15 Å². The van der Waals surface area contributed by atoms with E-state index in [0.29, 0.717) is 0 Å². The first-order valence-electron chi connectivity index (χ1n) is 2.45. The fourth-order valence-electron chi connectivity index (χ4n) is 0.445. The maximum atomic E-state index is 11.7. The SMILES string of the molecule is FC(F)(F)c1ncccn1.N. The Kier molecular flexibility index (Phi) is 2.94. The fraction of sp³-hybridized carbons (Fsp3) is 0.200. The first-order chi connectivity index (χ1) is 4.61. The van der Waals surface area contributed by atoms with Gasteiger partial charge in [-0.25, -0.2) is 9.97 Å². The van der Waals surface area contributed by atoms with Crippen molar-refractivity contribution < 1.29 is 13.2 Å². The summed E-state index contributed by atoms with van der Waals surface area (Å²) in [6, 6.07) is 1.33. The van der Waals surface area contributed by atoms with Crippen molar-refractivity contribution in [3.8, 4) is 0 Å². The van der Waals surface area contributed by atoms with E-state index in [0.717, 1.165) is 12.4 Å². The molecule has 3 N–H and O–H groups in total. The summed E-state index contributed by atoms with van der Waals surface area (Å²) in [7, 11) is 0. The average molecular weight is 165 g/mol. The minimum absolute atomic E-state index is 0. The van der Waals surface area contributed by atoms with E-state index >= 15 is 0 Å². The van der Waals surface area contributed by atoms with Crippen molar-refractivity contribution in [3.63, 3.8) is 0 Å². The van der Waals surface area contributed by atoms with Crippen LogP contribution in [0.15, 0.2) is 18.5 Å². The number of halogens is 3. The van der Waals surface area contributed by atoms with Crippen LogP contribution < -0.4 is 6.15 Å². The molecule has 0 amide bonds. The van der Waals surface area contributed by atoms with Crippen LogP contribution in [0.2, 0.25) is 0 Å². The summed E-state index contributed by atoms with van der Waals surface area (Å²) in [6.07, 6.45) is -2.33. The zero-order valence-corrected chi connectivity index (χ0v) is 5.47. The highest BCUT2D eigenvalue weighted by atomic mass is 19.4. The molecular formula is C5H6F3N3. The normalized spacial score (nSPS) is 10.5. The van der Waals surface area contributed by atoms with Crippen molar-refractivity contribution in [2.45, 2.75) is 6.18 Å². The van der Waals surface area contributed by atoms with Crippen molar-refractivity contribution in [2.24, 2.45) is 0 Å². The van der Waals surface area contributed by atoms with Crippen molar-refractivity contribution in [1.82, 2.24) is 16.1 Å². The van der Waals surface area contributed by atoms with Crippen LogP contribution in [0.5, 0.6) is 0 Å². The lowest BCUT2D eigenvalue weighted by molar-refractivity contribution is -0.145. The molecule has 3 nitrogen and oxygen atoms in total. The van der Waals surface area contributed by atoms with Crippen LogP contribution in [0.1, 0.15) is 5.82 Å². The maximum Gasteiger partial charge on any atom is 0.451 e. The van der Waals surface area contributed by atoms with Gasteiger partial charge in [-0.1, -0.05) is 0 Å². The Morgan fingerprint density at radius 2 is 1.55 bits per heavy atom. The third kappa shape index (κ3) is 2.50. The van der Waals surface area contributed by atoms with E-state index in [-0.39, 0.29) is 6.15 Å². The minimum Gasteiger partial charge on any atom is -0.344 e. The van der Waals surface area contributed by atoms with Crippen LogP contribution in [-0.2, 0) is 6.18 Å². The average Bonchev–Trinajstić information content (AvgIpc) is 1.88. The predicted octanol–water partition coefficient (Wildman–Crippen LogP) is 1.66. The molecule has 0 unspecified atom stereocenters. The molecule has 11 heavy (non-hydrogen) atoms. The Labute approximate surface area is 60.9 Å². The monoisotopic (exact) mass is 165 g/mol. The largest absolute Gasteiger partial charge is 0.451 e. The van der Waals surface area contributed by atoms with Crippen LogP contribution >= 0.6 is 0 Å². The quantitative estimate of drug-likeness (QED) is 0.635. The maximum absolute atomic E-state index is 11.7. The van der Waals surface area contributed by atoms with Gasteiger partial charge in [0.1, 0.15) is 0 Å². The highest BCUT2D eigenvalue weighted by Gasteiger charge is 2.33. The van der Waals surface area contributed by atoms with Gasteiger partial charge in [-0.15, -0.1) is 0 Å². The third-order valence-corrected chi connectivity index (χ3v) is 0.819. The van der Waals surface area contributed by atoms with Gasteiger partial charge in [0.05, 0.1) is 0 Å². The second kappa shape index (κ2) is 3.29. The van der Waals surface area contributed by atoms with E-state index in [1.807, 2.05) is 0 Å². The standard InChI is InChI=1S/C5H3F3N2.H3N/c6-5(7,8)4-9-2-1-3-10-4;/h1-3H;1H3. The molecule has 1 rings (SSSR count). The number of aromatic nitrogens is 2. The van der Waals surface area contributed by atoms with Gasteiger partial charge in [-0.3, -0.25) is 0 Å². The lowest BCUT2D eigenvalue weighted by atomic mass is 10.5. The molecule has 0 radical (unpaired) electrons. The smallest absolute Gasteiger partial charge is 0.344 e. The van der Waals surface area contributed by atoms with Gasteiger partial charge in [-0.05, 0) is 6.07 Å². The second-order valence-corrected chi connectivity index (χ2v) is 1.57. The number of hydrogen-bond acceptors (Lipinski definition) is 3. The zero-order valence-electron chi connectivity index (χ0n) is 5.47. The van der Waals surface area contributed by atoms with E-state index in [2.05, 4.69) is 9.97 Å². The summed E-state index contributed by atoms with van der Waals surface area (Å²) in [6.45, 7) is 0. The molecule has 0 saturated heterocycles. The molecule has 62 valence electrons. The van der Waals surface area contributed by atoms with Crippen molar-refractivity contribution in [2.75, 3.05) is 0 Å². The molecule has 0 spiro atoms. The van der Waals surface area contributed by atoms with Gasteiger partial charge in [0.2, 0.25) is 5.82 Å². The lowest BCUT2D eigenvalue weighted by Crippen LogP contribution is -2.09. The summed E-state index contributed by atoms with van der Waals surface area (Å²) in [5.41, 5.74) is 0. The summed E-state index contributed by atoms with van der Waals surface area (Å²) in [4.78, 5) is 6.03. The molecule has 1 heterocycles. The Hall–Kier alpha value is -1.17. The van der Waals surface area contributed by atoms with Crippen LogP contribution in [0.3, 0.4) is 0 Å². The Bertz CT molecular complexity index is 208. The number of nitrogens with zero attached hydrogens (tertiary/aromatic N) is 2. The first-order valence-corrected chi connectivity index (χ1v) is 2.45. The van der Waals surface area contributed by atoms with E-state index in [9.17, 15) is 13.2 Å². The third-order valence-electron chi connectivity index (χ3n) is 0.819. The summed E-state index contributed by atoms with van der Waals surface area (Å²) in [5, 5.41) is 0. The second-order valence-electron chi connectivity index (χ2n) is 1.57. The van der Waals surface area contributed by atoms with Gasteiger partial charge in [-0.2, -0.15) is 13.2 Å². The van der Waals surface area contributed by atoms with E-state index < -0.39 is 12.0 Å². The molecule has 1 aromatic heterocycles. The van der Waals surface area contributed by atoms with Crippen LogP contribution in [0.25, 0.3) is 0 Å². The molecule has 0 atom stereocenters. The summed E-state index contributed by atoms with van der Waals surface area (Å²) < 4.78 is 35.0. The molecule has 1 aromatic rings. The molecule has 0 fully saturated rings. The first kappa shape index (κ1) is 9.83. The molecule has 0 aliphatic rings.